The molecule has 17 heavy (non-hydrogen) atoms. The van der Waals surface area contributed by atoms with Crippen LogP contribution in [0.5, 0.6) is 0 Å². The first-order valence-electron chi connectivity index (χ1n) is 5.92. The second-order valence-electron chi connectivity index (χ2n) is 4.42. The van der Waals surface area contributed by atoms with Gasteiger partial charge in [-0.25, -0.2) is 0 Å². The zero-order valence-corrected chi connectivity index (χ0v) is 11.2. The van der Waals surface area contributed by atoms with Crippen molar-refractivity contribution in [1.29, 1.82) is 0 Å². The van der Waals surface area contributed by atoms with Crippen molar-refractivity contribution in [1.82, 2.24) is 5.32 Å². The van der Waals surface area contributed by atoms with Gasteiger partial charge in [0.05, 0.1) is 12.0 Å². The van der Waals surface area contributed by atoms with Crippen molar-refractivity contribution in [3.05, 3.63) is 29.8 Å². The van der Waals surface area contributed by atoms with Gasteiger partial charge in [0.15, 0.2) is 0 Å². The van der Waals surface area contributed by atoms with Crippen molar-refractivity contribution in [3.63, 3.8) is 0 Å². The van der Waals surface area contributed by atoms with Crippen molar-refractivity contribution in [2.45, 2.75) is 32.5 Å². The summed E-state index contributed by atoms with van der Waals surface area (Å²) in [5.74, 6) is 0.253. The molecule has 3 nitrogen and oxygen atoms in total. The molecule has 0 spiro atoms. The summed E-state index contributed by atoms with van der Waals surface area (Å²) in [4.78, 5) is 0. The third-order valence-electron chi connectivity index (χ3n) is 2.39. The van der Waals surface area contributed by atoms with Gasteiger partial charge in [-0.2, -0.15) is 0 Å². The van der Waals surface area contributed by atoms with Crippen LogP contribution in [0.2, 0.25) is 0 Å². The van der Waals surface area contributed by atoms with Crippen LogP contribution in [-0.4, -0.2) is 29.7 Å². The molecular formula is C13H21ClN2O. The van der Waals surface area contributed by atoms with E-state index in [-0.39, 0.29) is 5.88 Å². The van der Waals surface area contributed by atoms with Crippen molar-refractivity contribution < 1.29 is 5.11 Å². The van der Waals surface area contributed by atoms with E-state index in [9.17, 15) is 5.11 Å². The number of rotatable bonds is 7. The van der Waals surface area contributed by atoms with Crippen LogP contribution < -0.4 is 10.6 Å². The molecule has 0 aliphatic carbocycles. The van der Waals surface area contributed by atoms with Gasteiger partial charge in [-0.3, -0.25) is 0 Å². The second kappa shape index (κ2) is 7.54. The summed E-state index contributed by atoms with van der Waals surface area (Å²) in [5.41, 5.74) is 2.25. The summed E-state index contributed by atoms with van der Waals surface area (Å²) in [6, 6.07) is 8.67. The Kier molecular flexibility index (Phi) is 6.34. The minimum Gasteiger partial charge on any atom is -0.390 e. The van der Waals surface area contributed by atoms with E-state index in [4.69, 9.17) is 11.6 Å². The molecule has 1 aromatic rings. The van der Waals surface area contributed by atoms with Crippen LogP contribution in [0, 0.1) is 0 Å². The van der Waals surface area contributed by atoms with E-state index < -0.39 is 6.10 Å². The zero-order chi connectivity index (χ0) is 12.7. The smallest absolute Gasteiger partial charge is 0.0847 e. The van der Waals surface area contributed by atoms with Crippen molar-refractivity contribution in [2.24, 2.45) is 0 Å². The summed E-state index contributed by atoms with van der Waals surface area (Å²) >= 11 is 5.52. The molecule has 0 bridgehead atoms. The Morgan fingerprint density at radius 3 is 2.41 bits per heavy atom. The first kappa shape index (κ1) is 14.3. The van der Waals surface area contributed by atoms with Crippen LogP contribution >= 0.6 is 11.6 Å². The highest BCUT2D eigenvalue weighted by molar-refractivity contribution is 6.18. The number of aliphatic hydroxyl groups is 1. The van der Waals surface area contributed by atoms with E-state index in [0.717, 1.165) is 12.2 Å². The first-order chi connectivity index (χ1) is 8.11. The van der Waals surface area contributed by atoms with Gasteiger partial charge in [-0.15, -0.1) is 11.6 Å². The molecule has 0 aliphatic rings. The zero-order valence-electron chi connectivity index (χ0n) is 10.4. The Morgan fingerprint density at radius 2 is 1.88 bits per heavy atom. The molecule has 0 saturated carbocycles. The number of halogens is 1. The maximum Gasteiger partial charge on any atom is 0.0847 e. The van der Waals surface area contributed by atoms with Crippen molar-refractivity contribution in [2.75, 3.05) is 17.7 Å². The third kappa shape index (κ3) is 5.91. The van der Waals surface area contributed by atoms with E-state index in [2.05, 4.69) is 36.6 Å². The lowest BCUT2D eigenvalue weighted by atomic mass is 10.2. The van der Waals surface area contributed by atoms with Gasteiger partial charge in [0.25, 0.3) is 0 Å². The lowest BCUT2D eigenvalue weighted by molar-refractivity contribution is 0.211. The number of hydrogen-bond donors (Lipinski definition) is 3. The van der Waals surface area contributed by atoms with Crippen LogP contribution in [0.25, 0.3) is 0 Å². The standard InChI is InChI=1S/C13H21ClN2O/c1-10(2)15-8-11-3-5-12(6-4-11)16-9-13(17)7-14/h3-6,10,13,15-17H,7-9H2,1-2H3. The fourth-order valence-corrected chi connectivity index (χ4v) is 1.46. The summed E-state index contributed by atoms with van der Waals surface area (Å²) in [6.45, 7) is 5.61. The Labute approximate surface area is 108 Å². The lowest BCUT2D eigenvalue weighted by Crippen LogP contribution is -2.22. The number of anilines is 1. The second-order valence-corrected chi connectivity index (χ2v) is 4.73. The number of nitrogens with one attached hydrogen (secondary N) is 2. The average molecular weight is 257 g/mol. The Morgan fingerprint density at radius 1 is 1.24 bits per heavy atom. The predicted octanol–water partition coefficient (Wildman–Crippen LogP) is 2.20. The molecule has 1 unspecified atom stereocenters. The Bertz CT molecular complexity index is 314. The quantitative estimate of drug-likeness (QED) is 0.656. The van der Waals surface area contributed by atoms with Crippen LogP contribution in [-0.2, 0) is 6.54 Å². The van der Waals surface area contributed by atoms with Crippen molar-refractivity contribution in [3.8, 4) is 0 Å². The molecule has 0 amide bonds. The summed E-state index contributed by atoms with van der Waals surface area (Å²) in [7, 11) is 0. The average Bonchev–Trinajstić information content (AvgIpc) is 2.34. The van der Waals surface area contributed by atoms with Crippen LogP contribution in [0.1, 0.15) is 19.4 Å². The van der Waals surface area contributed by atoms with Crippen LogP contribution in [0.15, 0.2) is 24.3 Å². The molecule has 96 valence electrons. The molecule has 3 N–H and O–H groups in total. The third-order valence-corrected chi connectivity index (χ3v) is 2.74. The molecule has 0 fully saturated rings. The lowest BCUT2D eigenvalue weighted by Gasteiger charge is -2.11. The molecule has 0 heterocycles. The predicted molar refractivity (Wildman–Crippen MR) is 73.6 cm³/mol. The van der Waals surface area contributed by atoms with Gasteiger partial charge < -0.3 is 15.7 Å². The largest absolute Gasteiger partial charge is 0.390 e. The van der Waals surface area contributed by atoms with Gasteiger partial charge in [0.1, 0.15) is 0 Å². The molecule has 0 radical (unpaired) electrons. The van der Waals surface area contributed by atoms with E-state index in [1.165, 1.54) is 5.56 Å². The SMILES string of the molecule is CC(C)NCc1ccc(NCC(O)CCl)cc1. The molecule has 0 aliphatic heterocycles. The first-order valence-corrected chi connectivity index (χ1v) is 6.45. The number of alkyl halides is 1. The molecule has 4 heteroatoms. The minimum atomic E-state index is -0.501. The molecule has 0 saturated heterocycles. The molecular weight excluding hydrogens is 236 g/mol. The summed E-state index contributed by atoms with van der Waals surface area (Å²) < 4.78 is 0. The van der Waals surface area contributed by atoms with Gasteiger partial charge >= 0.3 is 0 Å². The van der Waals surface area contributed by atoms with Crippen LogP contribution in [0.3, 0.4) is 0 Å². The van der Waals surface area contributed by atoms with Gasteiger partial charge in [0.2, 0.25) is 0 Å². The maximum absolute atomic E-state index is 9.31. The van der Waals surface area contributed by atoms with E-state index in [1.54, 1.807) is 0 Å². The van der Waals surface area contributed by atoms with E-state index >= 15 is 0 Å². The topological polar surface area (TPSA) is 44.3 Å². The van der Waals surface area contributed by atoms with Gasteiger partial charge in [-0.05, 0) is 17.7 Å². The number of hydrogen-bond acceptors (Lipinski definition) is 3. The summed E-state index contributed by atoms with van der Waals surface area (Å²) in [6.07, 6.45) is -0.501. The molecule has 1 rings (SSSR count). The highest BCUT2D eigenvalue weighted by atomic mass is 35.5. The van der Waals surface area contributed by atoms with E-state index in [0.29, 0.717) is 12.6 Å². The molecule has 1 atom stereocenters. The monoisotopic (exact) mass is 256 g/mol. The summed E-state index contributed by atoms with van der Waals surface area (Å²) in [5, 5.41) is 15.8. The highest BCUT2D eigenvalue weighted by Crippen LogP contribution is 2.09. The number of aliphatic hydroxyl groups excluding tert-OH is 1. The fourth-order valence-electron chi connectivity index (χ4n) is 1.35. The van der Waals surface area contributed by atoms with E-state index in [1.807, 2.05) is 12.1 Å². The fraction of sp³-hybridized carbons (Fsp3) is 0.538. The Hall–Kier alpha value is -0.770. The number of benzene rings is 1. The molecule has 0 aromatic heterocycles. The van der Waals surface area contributed by atoms with Gasteiger partial charge in [-0.1, -0.05) is 26.0 Å². The van der Waals surface area contributed by atoms with Crippen LogP contribution in [0.4, 0.5) is 5.69 Å². The Balaban J connectivity index is 2.39. The van der Waals surface area contributed by atoms with Crippen molar-refractivity contribution >= 4 is 17.3 Å². The molecule has 1 aromatic carbocycles. The highest BCUT2D eigenvalue weighted by Gasteiger charge is 2.01. The normalized spacial score (nSPS) is 12.8. The van der Waals surface area contributed by atoms with Gasteiger partial charge in [0, 0.05) is 24.8 Å². The minimum absolute atomic E-state index is 0.253. The maximum atomic E-state index is 9.31.